The molecule has 0 fully saturated rings. The Kier molecular flexibility index (Phi) is 6.96. The van der Waals surface area contributed by atoms with E-state index < -0.39 is 28.8 Å². The van der Waals surface area contributed by atoms with E-state index in [-0.39, 0.29) is 26.6 Å². The van der Waals surface area contributed by atoms with Gasteiger partial charge >= 0.3 is 12.1 Å². The first-order valence-corrected chi connectivity index (χ1v) is 6.78. The van der Waals surface area contributed by atoms with Crippen LogP contribution in [0.2, 0.25) is 0 Å². The Hall–Kier alpha value is -0.760. The zero-order valence-electron chi connectivity index (χ0n) is 13.5. The zero-order chi connectivity index (χ0) is 17.8. The Labute approximate surface area is 127 Å². The Balaban J connectivity index is 5.40. The van der Waals surface area contributed by atoms with Crippen LogP contribution in [0.15, 0.2) is 11.6 Å². The van der Waals surface area contributed by atoms with E-state index in [4.69, 9.17) is 4.74 Å². The molecule has 0 aromatic heterocycles. The minimum atomic E-state index is -5.64. The van der Waals surface area contributed by atoms with Crippen LogP contribution in [0.5, 0.6) is 0 Å². The summed E-state index contributed by atoms with van der Waals surface area (Å²) in [7, 11) is 2.72. The topological polar surface area (TPSA) is 9.23 Å². The molecule has 132 valence electrons. The standard InChI is InChI=1S/C14H24F6NO/c1-11(2)6-7-21(4,8-9-22-5)10-13(16,17)12(3,15)14(18,19)20/h6H,7-10H2,1-5H3/q+1. The molecule has 0 aromatic carbocycles. The lowest BCUT2D eigenvalue weighted by atomic mass is 9.98. The van der Waals surface area contributed by atoms with Gasteiger partial charge in [-0.2, -0.15) is 22.0 Å². The molecule has 0 bridgehead atoms. The van der Waals surface area contributed by atoms with Gasteiger partial charge in [-0.15, -0.1) is 0 Å². The fraction of sp³-hybridized carbons (Fsp3) is 0.857. The third-order valence-electron chi connectivity index (χ3n) is 3.58. The van der Waals surface area contributed by atoms with Crippen molar-refractivity contribution in [3.05, 3.63) is 11.6 Å². The first kappa shape index (κ1) is 21.2. The van der Waals surface area contributed by atoms with Gasteiger partial charge in [-0.25, -0.2) is 4.39 Å². The Morgan fingerprint density at radius 2 is 1.59 bits per heavy atom. The normalized spacial score (nSPS) is 18.5. The molecule has 0 spiro atoms. The highest BCUT2D eigenvalue weighted by Crippen LogP contribution is 2.45. The molecule has 22 heavy (non-hydrogen) atoms. The van der Waals surface area contributed by atoms with Crippen molar-refractivity contribution < 1.29 is 35.6 Å². The molecule has 2 unspecified atom stereocenters. The highest BCUT2D eigenvalue weighted by Gasteiger charge is 2.69. The lowest BCUT2D eigenvalue weighted by molar-refractivity contribution is -0.913. The maximum absolute atomic E-state index is 14.0. The summed E-state index contributed by atoms with van der Waals surface area (Å²) in [5, 5.41) is 0. The molecule has 0 rings (SSSR count). The molecular formula is C14H24F6NO+. The van der Waals surface area contributed by atoms with Crippen LogP contribution in [0.1, 0.15) is 20.8 Å². The molecule has 0 aliphatic rings. The number of likely N-dealkylation sites (N-methyl/N-ethyl adjacent to an activating group) is 1. The fourth-order valence-corrected chi connectivity index (χ4v) is 1.78. The first-order chi connectivity index (χ1) is 9.68. The van der Waals surface area contributed by atoms with E-state index in [1.54, 1.807) is 19.9 Å². The molecule has 2 atom stereocenters. The van der Waals surface area contributed by atoms with Crippen molar-refractivity contribution in [1.29, 1.82) is 0 Å². The molecule has 0 radical (unpaired) electrons. The van der Waals surface area contributed by atoms with Crippen LogP contribution in [0.3, 0.4) is 0 Å². The van der Waals surface area contributed by atoms with Crippen molar-refractivity contribution in [3.8, 4) is 0 Å². The summed E-state index contributed by atoms with van der Waals surface area (Å²) in [5.41, 5.74) is -3.75. The molecule has 0 aliphatic carbocycles. The highest BCUT2D eigenvalue weighted by atomic mass is 19.4. The van der Waals surface area contributed by atoms with Crippen LogP contribution in [-0.4, -0.2) is 62.6 Å². The van der Waals surface area contributed by atoms with Gasteiger partial charge in [0.25, 0.3) is 5.67 Å². The second-order valence-corrected chi connectivity index (χ2v) is 6.16. The fourth-order valence-electron chi connectivity index (χ4n) is 1.78. The van der Waals surface area contributed by atoms with Crippen molar-refractivity contribution in [1.82, 2.24) is 0 Å². The summed E-state index contributed by atoms with van der Waals surface area (Å²) in [5.74, 6) is -4.55. The lowest BCUT2D eigenvalue weighted by Gasteiger charge is -2.40. The summed E-state index contributed by atoms with van der Waals surface area (Å²) in [6.07, 6.45) is -4.01. The van der Waals surface area contributed by atoms with Crippen LogP contribution in [0.25, 0.3) is 0 Å². The number of nitrogens with zero attached hydrogens (tertiary/aromatic N) is 1. The van der Waals surface area contributed by atoms with Gasteiger partial charge in [0.15, 0.2) is 0 Å². The van der Waals surface area contributed by atoms with Crippen molar-refractivity contribution in [2.75, 3.05) is 40.4 Å². The van der Waals surface area contributed by atoms with Crippen molar-refractivity contribution in [3.63, 3.8) is 0 Å². The van der Waals surface area contributed by atoms with Crippen molar-refractivity contribution in [2.24, 2.45) is 0 Å². The summed E-state index contributed by atoms with van der Waals surface area (Å²) in [6, 6.07) is 0. The number of methoxy groups -OCH3 is 1. The monoisotopic (exact) mass is 336 g/mol. The van der Waals surface area contributed by atoms with Gasteiger partial charge < -0.3 is 9.22 Å². The molecule has 0 N–H and O–H groups in total. The van der Waals surface area contributed by atoms with Gasteiger partial charge in [-0.3, -0.25) is 0 Å². The lowest BCUT2D eigenvalue weighted by Crippen LogP contribution is -2.62. The molecule has 0 amide bonds. The number of hydrogen-bond donors (Lipinski definition) is 0. The smallest absolute Gasteiger partial charge is 0.379 e. The van der Waals surface area contributed by atoms with Gasteiger partial charge in [0.05, 0.1) is 20.2 Å². The van der Waals surface area contributed by atoms with E-state index in [0.29, 0.717) is 0 Å². The number of allylic oxidation sites excluding steroid dienone is 1. The van der Waals surface area contributed by atoms with E-state index in [0.717, 1.165) is 5.57 Å². The average Bonchev–Trinajstić information content (AvgIpc) is 2.32. The zero-order valence-corrected chi connectivity index (χ0v) is 13.5. The summed E-state index contributed by atoms with van der Waals surface area (Å²) >= 11 is 0. The van der Waals surface area contributed by atoms with E-state index in [2.05, 4.69) is 0 Å². The van der Waals surface area contributed by atoms with Gasteiger partial charge in [0.2, 0.25) is 0 Å². The second-order valence-electron chi connectivity index (χ2n) is 6.16. The number of quaternary nitrogens is 1. The predicted molar refractivity (Wildman–Crippen MR) is 72.6 cm³/mol. The first-order valence-electron chi connectivity index (χ1n) is 6.78. The SMILES string of the molecule is COCC[N+](C)(CC=C(C)C)CC(F)(F)C(C)(F)C(F)(F)F. The molecule has 0 heterocycles. The van der Waals surface area contributed by atoms with Crippen LogP contribution < -0.4 is 0 Å². The maximum Gasteiger partial charge on any atom is 0.428 e. The second kappa shape index (κ2) is 7.21. The van der Waals surface area contributed by atoms with E-state index in [1.807, 2.05) is 0 Å². The minimum absolute atomic E-state index is 0.0454. The average molecular weight is 336 g/mol. The van der Waals surface area contributed by atoms with Gasteiger partial charge in [0, 0.05) is 7.11 Å². The van der Waals surface area contributed by atoms with E-state index in [1.165, 1.54) is 14.2 Å². The number of hydrogen-bond acceptors (Lipinski definition) is 1. The Morgan fingerprint density at radius 3 is 1.95 bits per heavy atom. The van der Waals surface area contributed by atoms with Crippen LogP contribution in [-0.2, 0) is 4.74 Å². The number of rotatable bonds is 8. The van der Waals surface area contributed by atoms with E-state index in [9.17, 15) is 26.3 Å². The third-order valence-corrected chi connectivity index (χ3v) is 3.58. The molecule has 8 heteroatoms. The minimum Gasteiger partial charge on any atom is -0.379 e. The van der Waals surface area contributed by atoms with Crippen molar-refractivity contribution in [2.45, 2.75) is 38.5 Å². The van der Waals surface area contributed by atoms with Crippen molar-refractivity contribution >= 4 is 0 Å². The molecular weight excluding hydrogens is 312 g/mol. The molecule has 2 nitrogen and oxygen atoms in total. The predicted octanol–water partition coefficient (Wildman–Crippen LogP) is 3.97. The Bertz CT molecular complexity index is 387. The van der Waals surface area contributed by atoms with Gasteiger partial charge in [0.1, 0.15) is 13.1 Å². The van der Waals surface area contributed by atoms with Crippen LogP contribution in [0.4, 0.5) is 26.3 Å². The third kappa shape index (κ3) is 5.46. The quantitative estimate of drug-likeness (QED) is 0.370. The number of halogens is 6. The molecule has 0 saturated heterocycles. The molecule has 0 aromatic rings. The van der Waals surface area contributed by atoms with Gasteiger partial charge in [-0.1, -0.05) is 5.57 Å². The van der Waals surface area contributed by atoms with Crippen LogP contribution >= 0.6 is 0 Å². The molecule has 0 aliphatic heterocycles. The van der Waals surface area contributed by atoms with Crippen LogP contribution in [0, 0.1) is 0 Å². The molecule has 0 saturated carbocycles. The van der Waals surface area contributed by atoms with E-state index >= 15 is 0 Å². The summed E-state index contributed by atoms with van der Waals surface area (Å²) in [4.78, 5) is 0. The maximum atomic E-state index is 14.0. The highest BCUT2D eigenvalue weighted by molar-refractivity contribution is 4.97. The van der Waals surface area contributed by atoms with Gasteiger partial charge in [-0.05, 0) is 26.8 Å². The number of alkyl halides is 6. The summed E-state index contributed by atoms with van der Waals surface area (Å²) in [6.45, 7) is 2.29. The largest absolute Gasteiger partial charge is 0.428 e. The number of ether oxygens (including phenoxy) is 1. The Morgan fingerprint density at radius 1 is 1.09 bits per heavy atom. The summed E-state index contributed by atoms with van der Waals surface area (Å²) < 4.78 is 83.7.